The summed E-state index contributed by atoms with van der Waals surface area (Å²) in [5.41, 5.74) is 4.02. The van der Waals surface area contributed by atoms with Gasteiger partial charge in [-0.15, -0.1) is 0 Å². The Morgan fingerprint density at radius 1 is 1.06 bits per heavy atom. The second-order valence-corrected chi connectivity index (χ2v) is 9.25. The lowest BCUT2D eigenvalue weighted by molar-refractivity contribution is -0.123. The molecule has 0 bridgehead atoms. The van der Waals surface area contributed by atoms with Gasteiger partial charge in [0.15, 0.2) is 6.61 Å². The summed E-state index contributed by atoms with van der Waals surface area (Å²) in [5, 5.41) is 3.75. The van der Waals surface area contributed by atoms with Crippen molar-refractivity contribution >= 4 is 23.2 Å². The SMILES string of the molecule is CN1CCN([C@H](CNC(=O)COc2ccc(Cl)cc2)c2ccc3c(c2)CCCN3C)CC1. The lowest BCUT2D eigenvalue weighted by Crippen LogP contribution is -2.48. The molecule has 32 heavy (non-hydrogen) atoms. The molecule has 1 fully saturated rings. The number of hydrogen-bond acceptors (Lipinski definition) is 5. The molecule has 0 spiro atoms. The number of rotatable bonds is 7. The molecule has 0 saturated carbocycles. The number of fused-ring (bicyclic) bond motifs is 1. The molecular formula is C25H33ClN4O2. The lowest BCUT2D eigenvalue weighted by atomic mass is 9.95. The summed E-state index contributed by atoms with van der Waals surface area (Å²) < 4.78 is 5.61. The maximum absolute atomic E-state index is 12.5. The Labute approximate surface area is 196 Å². The summed E-state index contributed by atoms with van der Waals surface area (Å²) in [7, 11) is 4.33. The fraction of sp³-hybridized carbons (Fsp3) is 0.480. The van der Waals surface area contributed by atoms with Crippen LogP contribution in [0.25, 0.3) is 0 Å². The zero-order valence-electron chi connectivity index (χ0n) is 19.0. The minimum atomic E-state index is -0.114. The van der Waals surface area contributed by atoms with Gasteiger partial charge in [-0.05, 0) is 61.3 Å². The first-order valence-corrected chi connectivity index (χ1v) is 11.8. The van der Waals surface area contributed by atoms with Crippen LogP contribution in [0.4, 0.5) is 5.69 Å². The van der Waals surface area contributed by atoms with E-state index in [1.165, 1.54) is 23.2 Å². The number of aryl methyl sites for hydroxylation is 1. The van der Waals surface area contributed by atoms with Gasteiger partial charge >= 0.3 is 0 Å². The van der Waals surface area contributed by atoms with Gasteiger partial charge in [0.25, 0.3) is 5.91 Å². The van der Waals surface area contributed by atoms with Crippen LogP contribution in [-0.4, -0.2) is 75.7 Å². The molecule has 4 rings (SSSR count). The highest BCUT2D eigenvalue weighted by Gasteiger charge is 2.26. The molecule has 6 nitrogen and oxygen atoms in total. The molecule has 2 aliphatic heterocycles. The van der Waals surface area contributed by atoms with Crippen molar-refractivity contribution in [2.24, 2.45) is 0 Å². The van der Waals surface area contributed by atoms with Crippen LogP contribution in [-0.2, 0) is 11.2 Å². The number of carbonyl (C=O) groups is 1. The number of piperazine rings is 1. The molecule has 7 heteroatoms. The van der Waals surface area contributed by atoms with Gasteiger partial charge in [-0.25, -0.2) is 0 Å². The van der Waals surface area contributed by atoms with Crippen molar-refractivity contribution in [2.45, 2.75) is 18.9 Å². The Hall–Kier alpha value is -2.28. The number of nitrogens with one attached hydrogen (secondary N) is 1. The molecule has 2 aliphatic rings. The van der Waals surface area contributed by atoms with Crippen LogP contribution < -0.4 is 15.0 Å². The van der Waals surface area contributed by atoms with Crippen LogP contribution in [0.3, 0.4) is 0 Å². The Bertz CT molecular complexity index is 913. The molecule has 1 amide bonds. The lowest BCUT2D eigenvalue weighted by Gasteiger charge is -2.39. The van der Waals surface area contributed by atoms with Crippen molar-refractivity contribution in [2.75, 3.05) is 64.9 Å². The van der Waals surface area contributed by atoms with Crippen LogP contribution in [0.5, 0.6) is 5.75 Å². The van der Waals surface area contributed by atoms with Crippen molar-refractivity contribution in [3.63, 3.8) is 0 Å². The summed E-state index contributed by atoms with van der Waals surface area (Å²) in [6.45, 7) is 5.74. The van der Waals surface area contributed by atoms with E-state index in [4.69, 9.17) is 16.3 Å². The zero-order chi connectivity index (χ0) is 22.5. The number of nitrogens with zero attached hydrogens (tertiary/aromatic N) is 3. The first kappa shape index (κ1) is 22.9. The van der Waals surface area contributed by atoms with Gasteiger partial charge < -0.3 is 19.9 Å². The van der Waals surface area contributed by atoms with E-state index >= 15 is 0 Å². The molecule has 0 radical (unpaired) electrons. The molecule has 2 heterocycles. The van der Waals surface area contributed by atoms with E-state index in [1.54, 1.807) is 24.3 Å². The molecule has 1 saturated heterocycles. The second-order valence-electron chi connectivity index (χ2n) is 8.81. The van der Waals surface area contributed by atoms with Crippen LogP contribution in [0.15, 0.2) is 42.5 Å². The molecule has 0 aliphatic carbocycles. The fourth-order valence-corrected chi connectivity index (χ4v) is 4.67. The standard InChI is InChI=1S/C25H33ClN4O2/c1-28-12-14-30(15-13-28)24(20-5-10-23-19(16-20)4-3-11-29(23)2)17-27-25(31)18-32-22-8-6-21(26)7-9-22/h5-10,16,24H,3-4,11-15,17-18H2,1-2H3,(H,27,31)/t24-/m1/s1. The van der Waals surface area contributed by atoms with E-state index < -0.39 is 0 Å². The number of halogens is 1. The largest absolute Gasteiger partial charge is 0.484 e. The van der Waals surface area contributed by atoms with Gasteiger partial charge in [-0.3, -0.25) is 9.69 Å². The van der Waals surface area contributed by atoms with Gasteiger partial charge in [0.05, 0.1) is 6.04 Å². The van der Waals surface area contributed by atoms with Gasteiger partial charge in [-0.2, -0.15) is 0 Å². The number of amides is 1. The first-order valence-electron chi connectivity index (χ1n) is 11.4. The highest BCUT2D eigenvalue weighted by atomic mass is 35.5. The van der Waals surface area contributed by atoms with Crippen molar-refractivity contribution in [3.05, 3.63) is 58.6 Å². The zero-order valence-corrected chi connectivity index (χ0v) is 19.8. The molecule has 0 aromatic heterocycles. The summed E-state index contributed by atoms with van der Waals surface area (Å²) in [6.07, 6.45) is 2.30. The number of anilines is 1. The highest BCUT2D eigenvalue weighted by molar-refractivity contribution is 6.30. The molecule has 2 aromatic carbocycles. The number of carbonyl (C=O) groups excluding carboxylic acids is 1. The minimum Gasteiger partial charge on any atom is -0.484 e. The quantitative estimate of drug-likeness (QED) is 0.693. The topological polar surface area (TPSA) is 48.1 Å². The van der Waals surface area contributed by atoms with Gasteiger partial charge in [-0.1, -0.05) is 23.7 Å². The normalized spacial score (nSPS) is 18.2. The predicted molar refractivity (Wildman–Crippen MR) is 130 cm³/mol. The monoisotopic (exact) mass is 456 g/mol. The highest BCUT2D eigenvalue weighted by Crippen LogP contribution is 2.31. The fourth-order valence-electron chi connectivity index (χ4n) is 4.55. The first-order chi connectivity index (χ1) is 15.5. The van der Waals surface area contributed by atoms with E-state index in [-0.39, 0.29) is 18.6 Å². The van der Waals surface area contributed by atoms with E-state index in [1.807, 2.05) is 0 Å². The van der Waals surface area contributed by atoms with Crippen LogP contribution >= 0.6 is 11.6 Å². The Balaban J connectivity index is 1.42. The summed E-state index contributed by atoms with van der Waals surface area (Å²) in [4.78, 5) is 19.7. The van der Waals surface area contributed by atoms with Gasteiger partial charge in [0.2, 0.25) is 0 Å². The smallest absolute Gasteiger partial charge is 0.258 e. The minimum absolute atomic E-state index is 0.00786. The third-order valence-electron chi connectivity index (χ3n) is 6.49. The molecular weight excluding hydrogens is 424 g/mol. The second kappa shape index (κ2) is 10.6. The molecule has 172 valence electrons. The summed E-state index contributed by atoms with van der Waals surface area (Å²) >= 11 is 5.91. The van der Waals surface area contributed by atoms with E-state index in [2.05, 4.69) is 52.3 Å². The van der Waals surface area contributed by atoms with E-state index in [9.17, 15) is 4.79 Å². The summed E-state index contributed by atoms with van der Waals surface area (Å²) in [5.74, 6) is 0.524. The number of hydrogen-bond donors (Lipinski definition) is 1. The number of benzene rings is 2. The maximum Gasteiger partial charge on any atom is 0.258 e. The number of likely N-dealkylation sites (N-methyl/N-ethyl adjacent to an activating group) is 1. The van der Waals surface area contributed by atoms with Crippen molar-refractivity contribution in [1.82, 2.24) is 15.1 Å². The van der Waals surface area contributed by atoms with Gasteiger partial charge in [0.1, 0.15) is 5.75 Å². The Morgan fingerprint density at radius 2 is 1.81 bits per heavy atom. The molecule has 0 unspecified atom stereocenters. The van der Waals surface area contributed by atoms with Crippen LogP contribution in [0.2, 0.25) is 5.02 Å². The molecule has 1 atom stereocenters. The Morgan fingerprint density at radius 3 is 2.56 bits per heavy atom. The maximum atomic E-state index is 12.5. The van der Waals surface area contributed by atoms with Crippen molar-refractivity contribution in [3.8, 4) is 5.75 Å². The van der Waals surface area contributed by atoms with Crippen molar-refractivity contribution in [1.29, 1.82) is 0 Å². The van der Waals surface area contributed by atoms with Crippen molar-refractivity contribution < 1.29 is 9.53 Å². The third kappa shape index (κ3) is 5.74. The van der Waals surface area contributed by atoms with Gasteiger partial charge in [0, 0.05) is 57.0 Å². The number of ether oxygens (including phenoxy) is 1. The average Bonchev–Trinajstić information content (AvgIpc) is 2.80. The molecule has 2 aromatic rings. The predicted octanol–water partition coefficient (Wildman–Crippen LogP) is 3.21. The van der Waals surface area contributed by atoms with Crippen LogP contribution in [0, 0.1) is 0 Å². The Kier molecular flexibility index (Phi) is 7.55. The third-order valence-corrected chi connectivity index (χ3v) is 6.75. The van der Waals surface area contributed by atoms with Crippen LogP contribution in [0.1, 0.15) is 23.6 Å². The summed E-state index contributed by atoms with van der Waals surface area (Å²) in [6, 6.07) is 14.0. The average molecular weight is 457 g/mol. The van der Waals surface area contributed by atoms with E-state index in [0.717, 1.165) is 39.1 Å². The molecule has 1 N–H and O–H groups in total. The van der Waals surface area contributed by atoms with E-state index in [0.29, 0.717) is 17.3 Å².